The van der Waals surface area contributed by atoms with Crippen molar-refractivity contribution < 1.29 is 4.52 Å². The van der Waals surface area contributed by atoms with Crippen LogP contribution in [-0.4, -0.2) is 26.9 Å². The van der Waals surface area contributed by atoms with Crippen molar-refractivity contribution in [2.24, 2.45) is 0 Å². The van der Waals surface area contributed by atoms with Gasteiger partial charge in [0.15, 0.2) is 0 Å². The second-order valence-electron chi connectivity index (χ2n) is 6.48. The molecule has 0 radical (unpaired) electrons. The summed E-state index contributed by atoms with van der Waals surface area (Å²) < 4.78 is 5.34. The van der Waals surface area contributed by atoms with E-state index in [1.807, 2.05) is 34.6 Å². The average molecular weight is 302 g/mol. The average Bonchev–Trinajstić information content (AvgIpc) is 2.87. The third-order valence-corrected chi connectivity index (χ3v) is 3.06. The highest BCUT2D eigenvalue weighted by Gasteiger charge is 2.24. The second kappa shape index (κ2) is 5.75. The van der Waals surface area contributed by atoms with Gasteiger partial charge in [-0.05, 0) is 13.8 Å². The Hall–Kier alpha value is -2.44. The van der Waals surface area contributed by atoms with Gasteiger partial charge in [0.05, 0.1) is 11.3 Å². The molecule has 0 saturated carbocycles. The summed E-state index contributed by atoms with van der Waals surface area (Å²) in [7, 11) is 0. The maximum absolute atomic E-state index is 8.39. The molecule has 0 spiro atoms. The molecule has 0 aliphatic carbocycles. The molecule has 22 heavy (non-hydrogen) atoms. The predicted molar refractivity (Wildman–Crippen MR) is 86.3 cm³/mol. The van der Waals surface area contributed by atoms with Crippen LogP contribution in [0.4, 0.5) is 11.6 Å². The van der Waals surface area contributed by atoms with E-state index >= 15 is 0 Å². The first-order chi connectivity index (χ1) is 10.2. The Balaban J connectivity index is 2.43. The highest BCUT2D eigenvalue weighted by Crippen LogP contribution is 2.26. The lowest BCUT2D eigenvalue weighted by molar-refractivity contribution is 0.328. The molecular formula is C15H22N6O. The van der Waals surface area contributed by atoms with E-state index in [1.165, 1.54) is 6.33 Å². The van der Waals surface area contributed by atoms with E-state index < -0.39 is 0 Å². The number of aromatic nitrogens is 3. The molecule has 2 heterocycles. The third-order valence-electron chi connectivity index (χ3n) is 3.06. The van der Waals surface area contributed by atoms with Crippen molar-refractivity contribution in [2.45, 2.75) is 46.1 Å². The summed E-state index contributed by atoms with van der Waals surface area (Å²) in [6, 6.07) is 1.91. The van der Waals surface area contributed by atoms with Crippen molar-refractivity contribution in [2.75, 3.05) is 11.1 Å². The van der Waals surface area contributed by atoms with Crippen LogP contribution in [0.1, 0.15) is 51.6 Å². The molecule has 0 aromatic carbocycles. The Morgan fingerprint density at radius 1 is 1.32 bits per heavy atom. The molecule has 4 N–H and O–H groups in total. The molecular weight excluding hydrogens is 280 g/mol. The van der Waals surface area contributed by atoms with E-state index in [0.717, 1.165) is 0 Å². The molecule has 7 heteroatoms. The van der Waals surface area contributed by atoms with Gasteiger partial charge in [0, 0.05) is 17.5 Å². The van der Waals surface area contributed by atoms with E-state index in [2.05, 4.69) is 20.4 Å². The second-order valence-corrected chi connectivity index (χ2v) is 6.48. The minimum atomic E-state index is -0.177. The van der Waals surface area contributed by atoms with Gasteiger partial charge >= 0.3 is 0 Å². The van der Waals surface area contributed by atoms with E-state index in [9.17, 15) is 0 Å². The molecule has 7 nitrogen and oxygen atoms in total. The third kappa shape index (κ3) is 3.24. The van der Waals surface area contributed by atoms with Gasteiger partial charge in [-0.1, -0.05) is 25.9 Å². The molecule has 2 aromatic heterocycles. The van der Waals surface area contributed by atoms with Crippen LogP contribution < -0.4 is 11.1 Å². The Morgan fingerprint density at radius 2 is 2.00 bits per heavy atom. The monoisotopic (exact) mass is 302 g/mol. The Bertz CT molecular complexity index is 684. The van der Waals surface area contributed by atoms with Crippen molar-refractivity contribution in [1.29, 1.82) is 5.41 Å². The standard InChI is InChI=1S/C15H22N6O/c1-8(2)20-14-11(13(17)18-7-19-14)12(16)9-6-10(22-21-9)15(3,4)5/h6-8,16H,1-5H3,(H3,17,18,19,20). The van der Waals surface area contributed by atoms with Crippen molar-refractivity contribution in [3.8, 4) is 0 Å². The van der Waals surface area contributed by atoms with E-state index in [4.69, 9.17) is 15.7 Å². The van der Waals surface area contributed by atoms with E-state index in [-0.39, 0.29) is 23.0 Å². The largest absolute Gasteiger partial charge is 0.383 e. The molecule has 118 valence electrons. The van der Waals surface area contributed by atoms with Crippen LogP contribution in [0.15, 0.2) is 16.9 Å². The van der Waals surface area contributed by atoms with E-state index in [0.29, 0.717) is 22.8 Å². The van der Waals surface area contributed by atoms with Gasteiger partial charge in [-0.15, -0.1) is 0 Å². The lowest BCUT2D eigenvalue weighted by Gasteiger charge is -2.14. The lowest BCUT2D eigenvalue weighted by Crippen LogP contribution is -2.18. The molecule has 0 bridgehead atoms. The summed E-state index contributed by atoms with van der Waals surface area (Å²) in [5.41, 5.74) is 6.75. The number of hydrogen-bond acceptors (Lipinski definition) is 7. The van der Waals surface area contributed by atoms with Gasteiger partial charge in [-0.25, -0.2) is 9.97 Å². The number of anilines is 2. The van der Waals surface area contributed by atoms with Crippen molar-refractivity contribution in [3.63, 3.8) is 0 Å². The summed E-state index contributed by atoms with van der Waals surface area (Å²) in [6.07, 6.45) is 1.38. The highest BCUT2D eigenvalue weighted by atomic mass is 16.5. The zero-order chi connectivity index (χ0) is 16.5. The maximum Gasteiger partial charge on any atom is 0.142 e. The van der Waals surface area contributed by atoms with Crippen molar-refractivity contribution in [3.05, 3.63) is 29.4 Å². The number of nitrogen functional groups attached to an aromatic ring is 1. The number of rotatable bonds is 4. The number of nitrogens with zero attached hydrogens (tertiary/aromatic N) is 3. The smallest absolute Gasteiger partial charge is 0.142 e. The highest BCUT2D eigenvalue weighted by molar-refractivity contribution is 6.15. The minimum Gasteiger partial charge on any atom is -0.383 e. The van der Waals surface area contributed by atoms with Gasteiger partial charge in [-0.2, -0.15) is 0 Å². The quantitative estimate of drug-likeness (QED) is 0.748. The molecule has 0 atom stereocenters. The van der Waals surface area contributed by atoms with Gasteiger partial charge in [0.2, 0.25) is 0 Å². The lowest BCUT2D eigenvalue weighted by atomic mass is 9.92. The SMILES string of the molecule is CC(C)Nc1ncnc(N)c1C(=N)c1cc(C(C)(C)C)on1. The minimum absolute atomic E-state index is 0.139. The van der Waals surface area contributed by atoms with E-state index in [1.54, 1.807) is 6.07 Å². The zero-order valence-electron chi connectivity index (χ0n) is 13.6. The Labute approximate surface area is 129 Å². The first-order valence-corrected chi connectivity index (χ1v) is 7.13. The summed E-state index contributed by atoms with van der Waals surface area (Å²) >= 11 is 0. The first kappa shape index (κ1) is 15.9. The van der Waals surface area contributed by atoms with Crippen molar-refractivity contribution in [1.82, 2.24) is 15.1 Å². The van der Waals surface area contributed by atoms with Crippen LogP contribution in [0.25, 0.3) is 0 Å². The zero-order valence-corrected chi connectivity index (χ0v) is 13.6. The van der Waals surface area contributed by atoms with Crippen LogP contribution in [0.3, 0.4) is 0 Å². The molecule has 0 fully saturated rings. The van der Waals surface area contributed by atoms with Crippen LogP contribution in [-0.2, 0) is 5.41 Å². The molecule has 0 aliphatic heterocycles. The molecule has 2 aromatic rings. The summed E-state index contributed by atoms with van der Waals surface area (Å²) in [6.45, 7) is 10.0. The molecule has 0 saturated heterocycles. The fourth-order valence-electron chi connectivity index (χ4n) is 1.90. The van der Waals surface area contributed by atoms with Crippen molar-refractivity contribution >= 4 is 17.3 Å². The van der Waals surface area contributed by atoms with Crippen LogP contribution >= 0.6 is 0 Å². The van der Waals surface area contributed by atoms with Crippen LogP contribution in [0.2, 0.25) is 0 Å². The Morgan fingerprint density at radius 3 is 2.55 bits per heavy atom. The summed E-state index contributed by atoms with van der Waals surface area (Å²) in [5.74, 6) is 1.47. The topological polar surface area (TPSA) is 114 Å². The number of nitrogens with two attached hydrogens (primary N) is 1. The predicted octanol–water partition coefficient (Wildman–Crippen LogP) is 2.58. The molecule has 0 aliphatic rings. The fraction of sp³-hybridized carbons (Fsp3) is 0.467. The van der Waals surface area contributed by atoms with Gasteiger partial charge in [-0.3, -0.25) is 5.41 Å². The number of nitrogens with one attached hydrogen (secondary N) is 2. The molecule has 0 amide bonds. The molecule has 2 rings (SSSR count). The molecule has 0 unspecified atom stereocenters. The maximum atomic E-state index is 8.39. The summed E-state index contributed by atoms with van der Waals surface area (Å²) in [5, 5.41) is 15.5. The van der Waals surface area contributed by atoms with Gasteiger partial charge in [0.1, 0.15) is 29.4 Å². The normalized spacial score (nSPS) is 11.7. The van der Waals surface area contributed by atoms with Crippen LogP contribution in [0, 0.1) is 5.41 Å². The first-order valence-electron chi connectivity index (χ1n) is 7.13. The fourth-order valence-corrected chi connectivity index (χ4v) is 1.90. The summed E-state index contributed by atoms with van der Waals surface area (Å²) in [4.78, 5) is 8.16. The Kier molecular flexibility index (Phi) is 4.16. The van der Waals surface area contributed by atoms with Crippen LogP contribution in [0.5, 0.6) is 0 Å². The van der Waals surface area contributed by atoms with Gasteiger partial charge in [0.25, 0.3) is 0 Å². The van der Waals surface area contributed by atoms with Gasteiger partial charge < -0.3 is 15.6 Å². The number of hydrogen-bond donors (Lipinski definition) is 3.